The highest BCUT2D eigenvalue weighted by Crippen LogP contribution is 2.22. The summed E-state index contributed by atoms with van der Waals surface area (Å²) in [5, 5.41) is 12.3. The number of likely N-dealkylation sites (tertiary alicyclic amines) is 1. The number of ether oxygens (including phenoxy) is 1. The SMILES string of the molecule is O=C(NC1CCN(C[C@H](O)COc2ccc(Cl)c(F)c2)CC1)c1cn(F)c2cc(Cl)c(F)cc2c1=O. The van der Waals surface area contributed by atoms with E-state index < -0.39 is 34.6 Å². The molecule has 1 aromatic heterocycles. The van der Waals surface area contributed by atoms with Crippen molar-refractivity contribution in [2.75, 3.05) is 26.2 Å². The Hall–Kier alpha value is -2.79. The number of aromatic nitrogens is 1. The summed E-state index contributed by atoms with van der Waals surface area (Å²) >= 11 is 11.3. The second-order valence-electron chi connectivity index (χ2n) is 8.56. The van der Waals surface area contributed by atoms with Crippen LogP contribution in [0.2, 0.25) is 10.0 Å². The summed E-state index contributed by atoms with van der Waals surface area (Å²) < 4.78 is 47.1. The molecule has 12 heteroatoms. The number of aliphatic hydroxyl groups excluding tert-OH is 1. The molecule has 7 nitrogen and oxygen atoms in total. The van der Waals surface area contributed by atoms with Crippen molar-refractivity contribution >= 4 is 40.0 Å². The number of β-amino-alcohol motifs (C(OH)–C–C–N with tert-alkyl or cyclic N) is 1. The van der Waals surface area contributed by atoms with Gasteiger partial charge in [0.1, 0.15) is 35.7 Å². The predicted octanol–water partition coefficient (Wildman–Crippen LogP) is 3.95. The Kier molecular flexibility index (Phi) is 8.09. The zero-order chi connectivity index (χ0) is 26.0. The molecule has 1 atom stereocenters. The van der Waals surface area contributed by atoms with E-state index in [9.17, 15) is 28.0 Å². The molecule has 0 bridgehead atoms. The van der Waals surface area contributed by atoms with Crippen LogP contribution in [0.5, 0.6) is 5.75 Å². The van der Waals surface area contributed by atoms with E-state index >= 15 is 0 Å². The van der Waals surface area contributed by atoms with E-state index in [0.29, 0.717) is 32.5 Å². The first kappa shape index (κ1) is 26.3. The first-order chi connectivity index (χ1) is 17.1. The maximum absolute atomic E-state index is 14.4. The van der Waals surface area contributed by atoms with Crippen LogP contribution >= 0.6 is 23.2 Å². The quantitative estimate of drug-likeness (QED) is 0.471. The Bertz CT molecular complexity index is 1350. The number of rotatable bonds is 7. The van der Waals surface area contributed by atoms with Crippen molar-refractivity contribution in [1.82, 2.24) is 15.0 Å². The lowest BCUT2D eigenvalue weighted by molar-refractivity contribution is 0.0567. The van der Waals surface area contributed by atoms with Gasteiger partial charge < -0.3 is 20.1 Å². The Morgan fingerprint density at radius 3 is 2.53 bits per heavy atom. The number of hydrogen-bond acceptors (Lipinski definition) is 5. The highest BCUT2D eigenvalue weighted by Gasteiger charge is 2.25. The molecular formula is C24H22Cl2F3N3O4. The van der Waals surface area contributed by atoms with Gasteiger partial charge in [0.05, 0.1) is 27.1 Å². The lowest BCUT2D eigenvalue weighted by Gasteiger charge is -2.33. The van der Waals surface area contributed by atoms with Crippen molar-refractivity contribution in [3.05, 3.63) is 74.0 Å². The first-order valence-corrected chi connectivity index (χ1v) is 11.9. The molecule has 3 aromatic rings. The van der Waals surface area contributed by atoms with Crippen molar-refractivity contribution in [3.63, 3.8) is 0 Å². The van der Waals surface area contributed by atoms with Gasteiger partial charge in [0.25, 0.3) is 5.91 Å². The number of nitrogens with zero attached hydrogens (tertiary/aromatic N) is 2. The number of carbonyl (C=O) groups is 1. The van der Waals surface area contributed by atoms with Crippen LogP contribution in [0.15, 0.2) is 41.3 Å². The molecule has 0 saturated carbocycles. The fraction of sp³-hybridized carbons (Fsp3) is 0.333. The van der Waals surface area contributed by atoms with Gasteiger partial charge in [-0.1, -0.05) is 27.7 Å². The molecule has 192 valence electrons. The lowest BCUT2D eigenvalue weighted by atomic mass is 10.0. The van der Waals surface area contributed by atoms with Gasteiger partial charge in [0.2, 0.25) is 5.43 Å². The van der Waals surface area contributed by atoms with Gasteiger partial charge in [-0.15, -0.1) is 0 Å². The zero-order valence-corrected chi connectivity index (χ0v) is 20.3. The number of amides is 1. The third-order valence-corrected chi connectivity index (χ3v) is 6.57. The third kappa shape index (κ3) is 5.95. The number of piperidine rings is 1. The van der Waals surface area contributed by atoms with Gasteiger partial charge in [-0.3, -0.25) is 9.59 Å². The summed E-state index contributed by atoms with van der Waals surface area (Å²) in [6.45, 7) is 1.36. The van der Waals surface area contributed by atoms with Crippen LogP contribution in [-0.4, -0.2) is 59.1 Å². The standard InChI is InChI=1S/C24H22Cl2F3N3O4/c25-18-2-1-15(7-20(18)27)36-12-14(33)10-31-5-3-13(4-6-31)30-24(35)17-11-32(29)22-9-19(26)21(28)8-16(22)23(17)34/h1-2,7-9,11,13-14,33H,3-6,10,12H2,(H,30,35)/t14-/m0/s1. The average molecular weight is 544 g/mol. The predicted molar refractivity (Wildman–Crippen MR) is 130 cm³/mol. The average Bonchev–Trinajstić information content (AvgIpc) is 2.84. The molecule has 1 aliphatic heterocycles. The molecule has 2 heterocycles. The molecule has 1 aliphatic rings. The molecule has 0 unspecified atom stereocenters. The van der Waals surface area contributed by atoms with Gasteiger partial charge in [-0.25, -0.2) is 8.78 Å². The summed E-state index contributed by atoms with van der Waals surface area (Å²) in [6.07, 6.45) is 0.989. The molecule has 2 aromatic carbocycles. The van der Waals surface area contributed by atoms with Crippen LogP contribution in [0.3, 0.4) is 0 Å². The van der Waals surface area contributed by atoms with E-state index in [4.69, 9.17) is 27.9 Å². The first-order valence-electron chi connectivity index (χ1n) is 11.1. The molecule has 0 aliphatic carbocycles. The number of benzene rings is 2. The molecule has 4 rings (SSSR count). The molecular weight excluding hydrogens is 522 g/mol. The summed E-state index contributed by atoms with van der Waals surface area (Å²) in [5.74, 6) is -2.01. The molecule has 36 heavy (non-hydrogen) atoms. The molecule has 0 spiro atoms. The van der Waals surface area contributed by atoms with Crippen molar-refractivity contribution in [2.24, 2.45) is 0 Å². The fourth-order valence-corrected chi connectivity index (χ4v) is 4.35. The van der Waals surface area contributed by atoms with Crippen molar-refractivity contribution < 1.29 is 27.9 Å². The normalized spacial score (nSPS) is 15.7. The Morgan fingerprint density at radius 2 is 1.83 bits per heavy atom. The van der Waals surface area contributed by atoms with Crippen LogP contribution in [-0.2, 0) is 0 Å². The minimum atomic E-state index is -0.890. The molecule has 1 amide bonds. The van der Waals surface area contributed by atoms with Gasteiger partial charge in [0.15, 0.2) is 0 Å². The van der Waals surface area contributed by atoms with Gasteiger partial charge >= 0.3 is 0 Å². The van der Waals surface area contributed by atoms with E-state index in [1.807, 2.05) is 4.90 Å². The topological polar surface area (TPSA) is 83.8 Å². The minimum Gasteiger partial charge on any atom is -0.491 e. The summed E-state index contributed by atoms with van der Waals surface area (Å²) in [6, 6.07) is 5.53. The highest BCUT2D eigenvalue weighted by molar-refractivity contribution is 6.31. The Morgan fingerprint density at radius 1 is 1.14 bits per heavy atom. The largest absolute Gasteiger partial charge is 0.491 e. The van der Waals surface area contributed by atoms with Gasteiger partial charge in [-0.05, 0) is 37.1 Å². The third-order valence-electron chi connectivity index (χ3n) is 5.97. The number of hydrogen-bond donors (Lipinski definition) is 2. The monoisotopic (exact) mass is 543 g/mol. The van der Waals surface area contributed by atoms with Crippen LogP contribution < -0.4 is 15.5 Å². The van der Waals surface area contributed by atoms with Crippen LogP contribution in [0.25, 0.3) is 10.9 Å². The molecule has 1 saturated heterocycles. The maximum atomic E-state index is 14.4. The number of fused-ring (bicyclic) bond motifs is 1. The van der Waals surface area contributed by atoms with Crippen LogP contribution in [0, 0.1) is 11.6 Å². The van der Waals surface area contributed by atoms with Crippen molar-refractivity contribution in [1.29, 1.82) is 0 Å². The fourth-order valence-electron chi connectivity index (χ4n) is 4.08. The molecule has 2 N–H and O–H groups in total. The number of aliphatic hydroxyl groups is 1. The second kappa shape index (κ2) is 11.1. The molecule has 1 fully saturated rings. The van der Waals surface area contributed by atoms with Crippen molar-refractivity contribution in [2.45, 2.75) is 25.0 Å². The summed E-state index contributed by atoms with van der Waals surface area (Å²) in [4.78, 5) is 27.4. The van der Waals surface area contributed by atoms with E-state index in [1.54, 1.807) is 0 Å². The zero-order valence-electron chi connectivity index (χ0n) is 18.8. The van der Waals surface area contributed by atoms with Gasteiger partial charge in [-0.2, -0.15) is 4.79 Å². The number of nitrogens with one attached hydrogen (secondary N) is 1. The van der Waals surface area contributed by atoms with Crippen LogP contribution in [0.1, 0.15) is 23.2 Å². The van der Waals surface area contributed by atoms with Crippen molar-refractivity contribution in [3.8, 4) is 5.75 Å². The van der Waals surface area contributed by atoms with Gasteiger partial charge in [0, 0.05) is 31.7 Å². The van der Waals surface area contributed by atoms with Crippen LogP contribution in [0.4, 0.5) is 13.3 Å². The second-order valence-corrected chi connectivity index (χ2v) is 9.37. The molecule has 0 radical (unpaired) electrons. The number of pyridine rings is 1. The van der Waals surface area contributed by atoms with E-state index in [1.165, 1.54) is 12.1 Å². The summed E-state index contributed by atoms with van der Waals surface area (Å²) in [7, 11) is 0. The summed E-state index contributed by atoms with van der Waals surface area (Å²) in [5.41, 5.74) is -1.48. The van der Waals surface area contributed by atoms with E-state index in [-0.39, 0.29) is 44.1 Å². The lowest BCUT2D eigenvalue weighted by Crippen LogP contribution is -2.47. The maximum Gasteiger partial charge on any atom is 0.257 e. The number of halogens is 5. The highest BCUT2D eigenvalue weighted by atomic mass is 35.5. The van der Waals surface area contributed by atoms with E-state index in [2.05, 4.69) is 5.32 Å². The van der Waals surface area contributed by atoms with E-state index in [0.717, 1.165) is 24.4 Å². The minimum absolute atomic E-state index is 0.0207. The Labute approximate surface area is 213 Å². The Balaban J connectivity index is 1.30. The smallest absolute Gasteiger partial charge is 0.257 e. The number of carbonyl (C=O) groups excluding carboxylic acids is 1.